The van der Waals surface area contributed by atoms with Crippen molar-refractivity contribution in [3.05, 3.63) is 23.8 Å². The fourth-order valence-corrected chi connectivity index (χ4v) is 1.74. The van der Waals surface area contributed by atoms with Crippen LogP contribution in [0, 0.1) is 0 Å². The molecule has 98 valence electrons. The zero-order valence-corrected chi connectivity index (χ0v) is 10.7. The van der Waals surface area contributed by atoms with Crippen LogP contribution in [0.2, 0.25) is 0 Å². The monoisotopic (exact) mass is 250 g/mol. The topological polar surface area (TPSA) is 59.6 Å². The predicted molar refractivity (Wildman–Crippen MR) is 68.7 cm³/mol. The van der Waals surface area contributed by atoms with Crippen molar-refractivity contribution in [3.63, 3.8) is 0 Å². The van der Waals surface area contributed by atoms with Gasteiger partial charge in [0.15, 0.2) is 6.61 Å². The van der Waals surface area contributed by atoms with Crippen molar-refractivity contribution < 1.29 is 14.3 Å². The highest BCUT2D eigenvalue weighted by Gasteiger charge is 2.15. The maximum absolute atomic E-state index is 11.2. The zero-order valence-electron chi connectivity index (χ0n) is 10.7. The molecular weight excluding hydrogens is 232 g/mol. The maximum atomic E-state index is 11.2. The number of ether oxygens (including phenoxy) is 2. The van der Waals surface area contributed by atoms with E-state index < -0.39 is 0 Å². The van der Waals surface area contributed by atoms with Crippen molar-refractivity contribution in [2.75, 3.05) is 25.6 Å². The van der Waals surface area contributed by atoms with Gasteiger partial charge in [-0.05, 0) is 24.6 Å². The smallest absolute Gasteiger partial charge is 0.262 e. The summed E-state index contributed by atoms with van der Waals surface area (Å²) >= 11 is 0. The number of nitrogens with one attached hydrogen (secondary N) is 2. The summed E-state index contributed by atoms with van der Waals surface area (Å²) in [5, 5.41) is 6.09. The van der Waals surface area contributed by atoms with Crippen LogP contribution in [0.5, 0.6) is 5.75 Å². The molecule has 18 heavy (non-hydrogen) atoms. The van der Waals surface area contributed by atoms with Crippen LogP contribution < -0.4 is 15.4 Å². The van der Waals surface area contributed by atoms with E-state index in [9.17, 15) is 4.79 Å². The maximum Gasteiger partial charge on any atom is 0.262 e. The molecule has 1 atom stereocenters. The molecule has 0 aliphatic carbocycles. The Labute approximate surface area is 106 Å². The minimum atomic E-state index is -0.111. The molecule has 0 fully saturated rings. The van der Waals surface area contributed by atoms with E-state index in [0.717, 1.165) is 30.1 Å². The first kappa shape index (κ1) is 12.9. The summed E-state index contributed by atoms with van der Waals surface area (Å²) in [5.41, 5.74) is 1.84. The van der Waals surface area contributed by atoms with Crippen LogP contribution in [0.3, 0.4) is 0 Å². The molecule has 1 aliphatic rings. The first-order chi connectivity index (χ1) is 8.69. The third-order valence-corrected chi connectivity index (χ3v) is 2.84. The highest BCUT2D eigenvalue weighted by Crippen LogP contribution is 2.28. The molecule has 5 nitrogen and oxygen atoms in total. The summed E-state index contributed by atoms with van der Waals surface area (Å²) in [4.78, 5) is 11.2. The summed E-state index contributed by atoms with van der Waals surface area (Å²) < 4.78 is 10.5. The zero-order chi connectivity index (χ0) is 13.0. The number of fused-ring (bicyclic) bond motifs is 1. The third-order valence-electron chi connectivity index (χ3n) is 2.84. The van der Waals surface area contributed by atoms with Crippen LogP contribution in [0.25, 0.3) is 0 Å². The molecule has 0 bridgehead atoms. The van der Waals surface area contributed by atoms with Crippen molar-refractivity contribution in [1.82, 2.24) is 5.32 Å². The summed E-state index contributed by atoms with van der Waals surface area (Å²) in [7, 11) is 1.69. The Balaban J connectivity index is 1.94. The molecule has 5 heteroatoms. The minimum absolute atomic E-state index is 0.0932. The van der Waals surface area contributed by atoms with Crippen molar-refractivity contribution in [2.24, 2.45) is 0 Å². The standard InChI is InChI=1S/C13H18N2O3/c1-9(17-2)6-14-7-10-3-4-12-11(5-10)15-13(16)8-18-12/h3-5,9,14H,6-8H2,1-2H3,(H,15,16). The molecule has 1 amide bonds. The van der Waals surface area contributed by atoms with Crippen LogP contribution in [0.4, 0.5) is 5.69 Å². The predicted octanol–water partition coefficient (Wildman–Crippen LogP) is 1.14. The lowest BCUT2D eigenvalue weighted by Crippen LogP contribution is -2.27. The third kappa shape index (κ3) is 3.21. The molecule has 2 N–H and O–H groups in total. The minimum Gasteiger partial charge on any atom is -0.482 e. The normalized spacial score (nSPS) is 15.6. The molecule has 1 aliphatic heterocycles. The van der Waals surface area contributed by atoms with Crippen LogP contribution in [-0.4, -0.2) is 32.3 Å². The van der Waals surface area contributed by atoms with Gasteiger partial charge in [-0.25, -0.2) is 0 Å². The lowest BCUT2D eigenvalue weighted by Gasteiger charge is -2.18. The second-order valence-corrected chi connectivity index (χ2v) is 4.34. The number of carbonyl (C=O) groups excluding carboxylic acids is 1. The molecule has 0 saturated heterocycles. The van der Waals surface area contributed by atoms with Gasteiger partial charge in [0.2, 0.25) is 0 Å². The van der Waals surface area contributed by atoms with Crippen molar-refractivity contribution in [1.29, 1.82) is 0 Å². The molecule has 1 aromatic carbocycles. The number of hydrogen-bond acceptors (Lipinski definition) is 4. The quantitative estimate of drug-likeness (QED) is 0.822. The number of hydrogen-bond donors (Lipinski definition) is 2. The van der Waals surface area contributed by atoms with Crippen molar-refractivity contribution in [3.8, 4) is 5.75 Å². The second-order valence-electron chi connectivity index (χ2n) is 4.34. The summed E-state index contributed by atoms with van der Waals surface area (Å²) in [6.45, 7) is 3.62. The van der Waals surface area contributed by atoms with Gasteiger partial charge in [0.25, 0.3) is 5.91 Å². The molecule has 1 heterocycles. The van der Waals surface area contributed by atoms with Crippen molar-refractivity contribution >= 4 is 11.6 Å². The number of anilines is 1. The molecule has 0 spiro atoms. The Hall–Kier alpha value is -1.59. The highest BCUT2D eigenvalue weighted by molar-refractivity contribution is 5.95. The SMILES string of the molecule is COC(C)CNCc1ccc2c(c1)NC(=O)CO2. The average Bonchev–Trinajstić information content (AvgIpc) is 2.38. The van der Waals surface area contributed by atoms with Gasteiger partial charge in [0, 0.05) is 20.2 Å². The largest absolute Gasteiger partial charge is 0.482 e. The van der Waals surface area contributed by atoms with Crippen molar-refractivity contribution in [2.45, 2.75) is 19.6 Å². The fourth-order valence-electron chi connectivity index (χ4n) is 1.74. The van der Waals surface area contributed by atoms with E-state index in [-0.39, 0.29) is 18.6 Å². The van der Waals surface area contributed by atoms with E-state index >= 15 is 0 Å². The van der Waals surface area contributed by atoms with Gasteiger partial charge in [-0.1, -0.05) is 6.07 Å². The summed E-state index contributed by atoms with van der Waals surface area (Å²) in [5.74, 6) is 0.615. The molecule has 1 aromatic rings. The highest BCUT2D eigenvalue weighted by atomic mass is 16.5. The van der Waals surface area contributed by atoms with Gasteiger partial charge in [0.05, 0.1) is 11.8 Å². The van der Waals surface area contributed by atoms with Gasteiger partial charge in [-0.15, -0.1) is 0 Å². The van der Waals surface area contributed by atoms with Gasteiger partial charge >= 0.3 is 0 Å². The van der Waals surface area contributed by atoms with Crippen LogP contribution in [0.15, 0.2) is 18.2 Å². The first-order valence-electron chi connectivity index (χ1n) is 5.98. The number of amides is 1. The van der Waals surface area contributed by atoms with E-state index in [0.29, 0.717) is 0 Å². The van der Waals surface area contributed by atoms with Gasteiger partial charge < -0.3 is 20.1 Å². The number of methoxy groups -OCH3 is 1. The average molecular weight is 250 g/mol. The van der Waals surface area contributed by atoms with E-state index in [4.69, 9.17) is 9.47 Å². The summed E-state index contributed by atoms with van der Waals surface area (Å²) in [6.07, 6.45) is 0.186. The van der Waals surface area contributed by atoms with Gasteiger partial charge in [-0.3, -0.25) is 4.79 Å². The number of rotatable bonds is 5. The van der Waals surface area contributed by atoms with E-state index in [2.05, 4.69) is 10.6 Å². The Morgan fingerprint density at radius 1 is 1.56 bits per heavy atom. The first-order valence-corrected chi connectivity index (χ1v) is 5.98. The molecular formula is C13H18N2O3. The Morgan fingerprint density at radius 3 is 3.17 bits per heavy atom. The molecule has 0 radical (unpaired) electrons. The fraction of sp³-hybridized carbons (Fsp3) is 0.462. The molecule has 1 unspecified atom stereocenters. The van der Waals surface area contributed by atoms with Crippen LogP contribution in [0.1, 0.15) is 12.5 Å². The molecule has 0 aromatic heterocycles. The lowest BCUT2D eigenvalue weighted by atomic mass is 10.1. The van der Waals surface area contributed by atoms with Crippen LogP contribution >= 0.6 is 0 Å². The van der Waals surface area contributed by atoms with Gasteiger partial charge in [-0.2, -0.15) is 0 Å². The van der Waals surface area contributed by atoms with Crippen LogP contribution in [-0.2, 0) is 16.1 Å². The Morgan fingerprint density at radius 2 is 2.39 bits per heavy atom. The van der Waals surface area contributed by atoms with Gasteiger partial charge in [0.1, 0.15) is 5.75 Å². The van der Waals surface area contributed by atoms with E-state index in [1.807, 2.05) is 25.1 Å². The Kier molecular flexibility index (Phi) is 4.17. The number of benzene rings is 1. The van der Waals surface area contributed by atoms with E-state index in [1.165, 1.54) is 0 Å². The Bertz CT molecular complexity index is 434. The lowest BCUT2D eigenvalue weighted by molar-refractivity contribution is -0.118. The molecule has 2 rings (SSSR count). The molecule has 0 saturated carbocycles. The number of carbonyl (C=O) groups is 1. The van der Waals surface area contributed by atoms with E-state index in [1.54, 1.807) is 7.11 Å². The second kappa shape index (κ2) is 5.84. The summed E-state index contributed by atoms with van der Waals surface area (Å²) in [6, 6.07) is 5.79.